The van der Waals surface area contributed by atoms with Gasteiger partial charge in [0.1, 0.15) is 5.75 Å². The first-order valence-electron chi connectivity index (χ1n) is 6.99. The highest BCUT2D eigenvalue weighted by Gasteiger charge is 2.17. The van der Waals surface area contributed by atoms with Gasteiger partial charge >= 0.3 is 0 Å². The Kier molecular flexibility index (Phi) is 5.37. The number of hydrogen-bond acceptors (Lipinski definition) is 3. The van der Waals surface area contributed by atoms with Crippen molar-refractivity contribution in [1.29, 1.82) is 0 Å². The Morgan fingerprint density at radius 3 is 2.62 bits per heavy atom. The molecule has 0 bridgehead atoms. The fourth-order valence-electron chi connectivity index (χ4n) is 2.60. The van der Waals surface area contributed by atoms with Crippen LogP contribution in [0, 0.1) is 13.8 Å². The van der Waals surface area contributed by atoms with Gasteiger partial charge in [-0.2, -0.15) is 0 Å². The number of methoxy groups -OCH3 is 1. The second kappa shape index (κ2) is 7.05. The van der Waals surface area contributed by atoms with E-state index in [1.54, 1.807) is 7.11 Å². The van der Waals surface area contributed by atoms with Crippen LogP contribution in [-0.2, 0) is 6.42 Å². The molecule has 0 saturated heterocycles. The number of hydrogen-bond donors (Lipinski definition) is 1. The zero-order valence-corrected chi connectivity index (χ0v) is 14.5. The number of aryl methyl sites for hydroxylation is 1. The molecule has 1 atom stereocenters. The molecule has 0 aliphatic rings. The van der Waals surface area contributed by atoms with Gasteiger partial charge in [-0.1, -0.05) is 34.1 Å². The lowest BCUT2D eigenvalue weighted by Gasteiger charge is -2.20. The molecule has 1 aromatic heterocycles. The summed E-state index contributed by atoms with van der Waals surface area (Å²) in [6.45, 7) is 4.09. The summed E-state index contributed by atoms with van der Waals surface area (Å²) in [5.41, 5.74) is 4.48. The van der Waals surface area contributed by atoms with E-state index in [9.17, 15) is 0 Å². The molecular weight excluding hydrogens is 328 g/mol. The van der Waals surface area contributed by atoms with Crippen LogP contribution < -0.4 is 10.1 Å². The third kappa shape index (κ3) is 3.44. The Hall–Kier alpha value is -1.39. The van der Waals surface area contributed by atoms with Gasteiger partial charge in [-0.15, -0.1) is 0 Å². The van der Waals surface area contributed by atoms with Gasteiger partial charge < -0.3 is 10.1 Å². The van der Waals surface area contributed by atoms with E-state index in [1.165, 1.54) is 5.56 Å². The Bertz CT molecular complexity index is 628. The topological polar surface area (TPSA) is 34.2 Å². The number of nitrogens with one attached hydrogen (secondary N) is 1. The number of ether oxygens (including phenoxy) is 1. The van der Waals surface area contributed by atoms with Crippen molar-refractivity contribution in [3.8, 4) is 5.75 Å². The molecule has 3 nitrogen and oxygen atoms in total. The van der Waals surface area contributed by atoms with Crippen LogP contribution in [-0.4, -0.2) is 19.1 Å². The highest BCUT2D eigenvalue weighted by molar-refractivity contribution is 9.10. The van der Waals surface area contributed by atoms with Gasteiger partial charge in [0.25, 0.3) is 0 Å². The van der Waals surface area contributed by atoms with Gasteiger partial charge in [-0.25, -0.2) is 0 Å². The van der Waals surface area contributed by atoms with Crippen LogP contribution in [0.3, 0.4) is 0 Å². The van der Waals surface area contributed by atoms with E-state index in [1.807, 2.05) is 26.2 Å². The second-order valence-electron chi connectivity index (χ2n) is 5.11. The maximum Gasteiger partial charge on any atom is 0.128 e. The van der Waals surface area contributed by atoms with E-state index in [-0.39, 0.29) is 6.04 Å². The van der Waals surface area contributed by atoms with Crippen LogP contribution >= 0.6 is 15.9 Å². The summed E-state index contributed by atoms with van der Waals surface area (Å²) >= 11 is 3.62. The lowest BCUT2D eigenvalue weighted by molar-refractivity contribution is 0.406. The molecule has 1 aromatic carbocycles. The Labute approximate surface area is 134 Å². The van der Waals surface area contributed by atoms with Crippen molar-refractivity contribution in [2.45, 2.75) is 26.3 Å². The molecule has 1 heterocycles. The van der Waals surface area contributed by atoms with Crippen molar-refractivity contribution in [3.05, 3.63) is 57.3 Å². The summed E-state index contributed by atoms with van der Waals surface area (Å²) in [7, 11) is 3.69. The van der Waals surface area contributed by atoms with E-state index < -0.39 is 0 Å². The molecule has 21 heavy (non-hydrogen) atoms. The largest absolute Gasteiger partial charge is 0.496 e. The molecule has 1 unspecified atom stereocenters. The standard InChI is InChI=1S/C17H21BrN2O/c1-11-10-20-15(12(2)17(11)21-4)9-16(19-3)13-7-5-6-8-14(13)18/h5-8,10,16,19H,9H2,1-4H3. The van der Waals surface area contributed by atoms with Crippen LogP contribution in [0.1, 0.15) is 28.4 Å². The quantitative estimate of drug-likeness (QED) is 0.887. The van der Waals surface area contributed by atoms with Crippen molar-refractivity contribution >= 4 is 15.9 Å². The number of rotatable bonds is 5. The smallest absolute Gasteiger partial charge is 0.128 e. The Morgan fingerprint density at radius 2 is 2.00 bits per heavy atom. The molecule has 0 fully saturated rings. The van der Waals surface area contributed by atoms with Crippen molar-refractivity contribution in [1.82, 2.24) is 10.3 Å². The van der Waals surface area contributed by atoms with Crippen molar-refractivity contribution in [2.75, 3.05) is 14.2 Å². The Balaban J connectivity index is 2.34. The number of aromatic nitrogens is 1. The number of pyridine rings is 1. The summed E-state index contributed by atoms with van der Waals surface area (Å²) in [5.74, 6) is 0.932. The molecule has 0 spiro atoms. The SMILES string of the molecule is CNC(Cc1ncc(C)c(OC)c1C)c1ccccc1Br. The average molecular weight is 349 g/mol. The monoisotopic (exact) mass is 348 g/mol. The maximum absolute atomic E-state index is 5.49. The molecular formula is C17H21BrN2O. The molecule has 0 radical (unpaired) electrons. The van der Waals surface area contributed by atoms with Gasteiger partial charge in [0.2, 0.25) is 0 Å². The van der Waals surface area contributed by atoms with Gasteiger partial charge in [-0.05, 0) is 32.5 Å². The minimum absolute atomic E-state index is 0.208. The van der Waals surface area contributed by atoms with Gasteiger partial charge in [0.05, 0.1) is 7.11 Å². The maximum atomic E-state index is 5.49. The molecule has 0 amide bonds. The number of halogens is 1. The summed E-state index contributed by atoms with van der Waals surface area (Å²) in [4.78, 5) is 4.59. The normalized spacial score (nSPS) is 12.2. The molecule has 1 N–H and O–H groups in total. The van der Waals surface area contributed by atoms with Crippen LogP contribution in [0.2, 0.25) is 0 Å². The van der Waals surface area contributed by atoms with Crippen LogP contribution in [0.5, 0.6) is 5.75 Å². The van der Waals surface area contributed by atoms with E-state index in [0.717, 1.165) is 33.5 Å². The minimum atomic E-state index is 0.208. The molecule has 0 aliphatic heterocycles. The first kappa shape index (κ1) is 16.0. The van der Waals surface area contributed by atoms with Crippen molar-refractivity contribution in [2.24, 2.45) is 0 Å². The highest BCUT2D eigenvalue weighted by atomic mass is 79.9. The summed E-state index contributed by atoms with van der Waals surface area (Å²) < 4.78 is 6.60. The van der Waals surface area contributed by atoms with E-state index in [4.69, 9.17) is 4.74 Å². The predicted octanol–water partition coefficient (Wildman–Crippen LogP) is 3.97. The number of nitrogens with zero attached hydrogens (tertiary/aromatic N) is 1. The van der Waals surface area contributed by atoms with E-state index in [0.29, 0.717) is 0 Å². The third-order valence-corrected chi connectivity index (χ3v) is 4.50. The van der Waals surface area contributed by atoms with Gasteiger partial charge in [-0.3, -0.25) is 4.98 Å². The van der Waals surface area contributed by atoms with Crippen molar-refractivity contribution < 1.29 is 4.74 Å². The third-order valence-electron chi connectivity index (χ3n) is 3.78. The second-order valence-corrected chi connectivity index (χ2v) is 5.97. The lowest BCUT2D eigenvalue weighted by Crippen LogP contribution is -2.20. The fourth-order valence-corrected chi connectivity index (χ4v) is 3.16. The zero-order valence-electron chi connectivity index (χ0n) is 12.9. The molecule has 0 saturated carbocycles. The average Bonchev–Trinajstić information content (AvgIpc) is 2.48. The van der Waals surface area contributed by atoms with Gasteiger partial charge in [0.15, 0.2) is 0 Å². The highest BCUT2D eigenvalue weighted by Crippen LogP contribution is 2.29. The van der Waals surface area contributed by atoms with Gasteiger partial charge in [0, 0.05) is 40.0 Å². The van der Waals surface area contributed by atoms with E-state index in [2.05, 4.69) is 51.4 Å². The predicted molar refractivity (Wildman–Crippen MR) is 89.9 cm³/mol. The van der Waals surface area contributed by atoms with Crippen LogP contribution in [0.4, 0.5) is 0 Å². The molecule has 0 aliphatic carbocycles. The number of likely N-dealkylation sites (N-methyl/N-ethyl adjacent to an activating group) is 1. The fraction of sp³-hybridized carbons (Fsp3) is 0.353. The van der Waals surface area contributed by atoms with Crippen molar-refractivity contribution in [3.63, 3.8) is 0 Å². The summed E-state index contributed by atoms with van der Waals surface area (Å²) in [6, 6.07) is 8.49. The molecule has 2 rings (SSSR count). The van der Waals surface area contributed by atoms with Crippen LogP contribution in [0.25, 0.3) is 0 Å². The first-order valence-corrected chi connectivity index (χ1v) is 7.78. The number of benzene rings is 1. The van der Waals surface area contributed by atoms with E-state index >= 15 is 0 Å². The lowest BCUT2D eigenvalue weighted by atomic mass is 9.99. The zero-order chi connectivity index (χ0) is 15.4. The summed E-state index contributed by atoms with van der Waals surface area (Å²) in [6.07, 6.45) is 2.70. The molecule has 4 heteroatoms. The van der Waals surface area contributed by atoms with Crippen LogP contribution in [0.15, 0.2) is 34.9 Å². The Morgan fingerprint density at radius 1 is 1.29 bits per heavy atom. The molecule has 112 valence electrons. The molecule has 2 aromatic rings. The summed E-state index contributed by atoms with van der Waals surface area (Å²) in [5, 5.41) is 3.38. The first-order chi connectivity index (χ1) is 10.1. The minimum Gasteiger partial charge on any atom is -0.496 e.